The molecule has 31 heavy (non-hydrogen) atoms. The first-order valence-electron chi connectivity index (χ1n) is 9.33. The first kappa shape index (κ1) is 21.1. The second kappa shape index (κ2) is 8.90. The zero-order valence-electron chi connectivity index (χ0n) is 16.9. The van der Waals surface area contributed by atoms with Crippen LogP contribution in [-0.2, 0) is 29.4 Å². The molecular formula is C20H20N6O3S2. The number of hydrogen-bond acceptors (Lipinski definition) is 8. The summed E-state index contributed by atoms with van der Waals surface area (Å²) >= 11 is 1.39. The van der Waals surface area contributed by atoms with Crippen LogP contribution in [-0.4, -0.2) is 39.6 Å². The summed E-state index contributed by atoms with van der Waals surface area (Å²) in [5.74, 6) is 1.87. The smallest absolute Gasteiger partial charge is 0.247 e. The van der Waals surface area contributed by atoms with E-state index in [-0.39, 0.29) is 6.54 Å². The maximum Gasteiger partial charge on any atom is 0.247 e. The van der Waals surface area contributed by atoms with Crippen molar-refractivity contribution in [1.29, 1.82) is 0 Å². The minimum Gasteiger partial charge on any atom is -0.420 e. The van der Waals surface area contributed by atoms with Crippen molar-refractivity contribution < 1.29 is 12.8 Å². The van der Waals surface area contributed by atoms with E-state index >= 15 is 0 Å². The standard InChI is InChI=1S/C20H20N6O3S2/c1-25-17(13-26(31(2,27)28)16-11-7-4-8-12-16)21-24-20(25)30-14-18-22-23-19(29-18)15-9-5-3-6-10-15/h3-12H,13-14H2,1-2H3. The van der Waals surface area contributed by atoms with Crippen LogP contribution in [0.3, 0.4) is 0 Å². The number of nitrogens with zero attached hydrogens (tertiary/aromatic N) is 6. The SMILES string of the molecule is Cn1c(CN(c2ccccc2)S(C)(=O)=O)nnc1SCc1nnc(-c2ccccc2)o1. The van der Waals surface area contributed by atoms with Gasteiger partial charge < -0.3 is 8.98 Å². The normalized spacial score (nSPS) is 11.5. The Balaban J connectivity index is 1.47. The van der Waals surface area contributed by atoms with E-state index in [9.17, 15) is 8.42 Å². The third kappa shape index (κ3) is 4.94. The Kier molecular flexibility index (Phi) is 6.05. The average Bonchev–Trinajstić information content (AvgIpc) is 3.38. The third-order valence-corrected chi connectivity index (χ3v) is 6.61. The van der Waals surface area contributed by atoms with Crippen LogP contribution in [0, 0.1) is 0 Å². The molecule has 0 N–H and O–H groups in total. The predicted octanol–water partition coefficient (Wildman–Crippen LogP) is 3.12. The van der Waals surface area contributed by atoms with Gasteiger partial charge in [0.25, 0.3) is 0 Å². The van der Waals surface area contributed by atoms with Crippen molar-refractivity contribution in [2.24, 2.45) is 7.05 Å². The number of hydrogen-bond donors (Lipinski definition) is 0. The van der Waals surface area contributed by atoms with Crippen LogP contribution < -0.4 is 4.31 Å². The first-order valence-corrected chi connectivity index (χ1v) is 12.2. The topological polar surface area (TPSA) is 107 Å². The molecule has 2 aromatic carbocycles. The minimum atomic E-state index is -3.49. The average molecular weight is 457 g/mol. The van der Waals surface area contributed by atoms with E-state index in [1.165, 1.54) is 22.3 Å². The molecule has 0 fully saturated rings. The number of aromatic nitrogens is 5. The van der Waals surface area contributed by atoms with Crippen molar-refractivity contribution in [2.45, 2.75) is 17.5 Å². The van der Waals surface area contributed by atoms with E-state index in [1.54, 1.807) is 35.9 Å². The summed E-state index contributed by atoms with van der Waals surface area (Å²) in [6, 6.07) is 18.4. The van der Waals surface area contributed by atoms with Crippen LogP contribution in [0.4, 0.5) is 5.69 Å². The Morgan fingerprint density at radius 1 is 0.968 bits per heavy atom. The molecule has 0 aliphatic carbocycles. The highest BCUT2D eigenvalue weighted by atomic mass is 32.2. The summed E-state index contributed by atoms with van der Waals surface area (Å²) in [6.45, 7) is 0.0750. The number of anilines is 1. The van der Waals surface area contributed by atoms with Gasteiger partial charge >= 0.3 is 0 Å². The van der Waals surface area contributed by atoms with E-state index in [4.69, 9.17) is 4.42 Å². The molecule has 11 heteroatoms. The zero-order chi connectivity index (χ0) is 21.8. The fourth-order valence-corrected chi connectivity index (χ4v) is 4.49. The second-order valence-corrected chi connectivity index (χ2v) is 9.57. The molecule has 0 spiro atoms. The summed E-state index contributed by atoms with van der Waals surface area (Å²) in [5, 5.41) is 17.2. The third-order valence-electron chi connectivity index (χ3n) is 4.47. The van der Waals surface area contributed by atoms with Crippen molar-refractivity contribution in [3.05, 3.63) is 72.4 Å². The van der Waals surface area contributed by atoms with E-state index in [2.05, 4.69) is 20.4 Å². The lowest BCUT2D eigenvalue weighted by Gasteiger charge is -2.21. The van der Waals surface area contributed by atoms with E-state index in [0.717, 1.165) is 5.56 Å². The minimum absolute atomic E-state index is 0.0750. The van der Waals surface area contributed by atoms with Crippen molar-refractivity contribution in [3.63, 3.8) is 0 Å². The van der Waals surface area contributed by atoms with Crippen molar-refractivity contribution in [3.8, 4) is 11.5 Å². The van der Waals surface area contributed by atoms with Crippen LogP contribution in [0.15, 0.2) is 70.2 Å². The molecule has 0 atom stereocenters. The first-order chi connectivity index (χ1) is 14.9. The van der Waals surface area contributed by atoms with Gasteiger partial charge in [0.15, 0.2) is 11.0 Å². The maximum atomic E-state index is 12.3. The van der Waals surface area contributed by atoms with Crippen LogP contribution in [0.2, 0.25) is 0 Å². The molecule has 0 aliphatic rings. The Bertz CT molecular complexity index is 1260. The molecule has 0 aliphatic heterocycles. The molecule has 9 nitrogen and oxygen atoms in total. The molecule has 0 unspecified atom stereocenters. The van der Waals surface area contributed by atoms with Crippen molar-refractivity contribution in [1.82, 2.24) is 25.0 Å². The van der Waals surface area contributed by atoms with Crippen LogP contribution in [0.1, 0.15) is 11.7 Å². The molecule has 0 amide bonds. The predicted molar refractivity (Wildman–Crippen MR) is 118 cm³/mol. The second-order valence-electron chi connectivity index (χ2n) is 6.72. The summed E-state index contributed by atoms with van der Waals surface area (Å²) < 4.78 is 33.4. The molecule has 4 aromatic rings. The molecule has 2 heterocycles. The van der Waals surface area contributed by atoms with Gasteiger partial charge in [-0.05, 0) is 24.3 Å². The lowest BCUT2D eigenvalue weighted by atomic mass is 10.2. The van der Waals surface area contributed by atoms with E-state index in [1.807, 2.05) is 36.4 Å². The number of para-hydroxylation sites is 1. The lowest BCUT2D eigenvalue weighted by molar-refractivity contribution is 0.528. The van der Waals surface area contributed by atoms with Gasteiger partial charge in [0.1, 0.15) is 0 Å². The number of thioether (sulfide) groups is 1. The van der Waals surface area contributed by atoms with Gasteiger partial charge in [0.2, 0.25) is 21.8 Å². The van der Waals surface area contributed by atoms with Gasteiger partial charge in [-0.3, -0.25) is 4.31 Å². The van der Waals surface area contributed by atoms with Crippen molar-refractivity contribution in [2.75, 3.05) is 10.6 Å². The molecule has 0 saturated heterocycles. The molecule has 160 valence electrons. The molecule has 2 aromatic heterocycles. The quantitative estimate of drug-likeness (QED) is 0.372. The highest BCUT2D eigenvalue weighted by Gasteiger charge is 2.21. The number of sulfonamides is 1. The van der Waals surface area contributed by atoms with Crippen LogP contribution >= 0.6 is 11.8 Å². The fraction of sp³-hybridized carbons (Fsp3) is 0.200. The highest BCUT2D eigenvalue weighted by Crippen LogP contribution is 2.25. The molecule has 0 radical (unpaired) electrons. The van der Waals surface area contributed by atoms with E-state index < -0.39 is 10.0 Å². The largest absolute Gasteiger partial charge is 0.420 e. The van der Waals surface area contributed by atoms with Gasteiger partial charge in [-0.2, -0.15) is 0 Å². The summed E-state index contributed by atoms with van der Waals surface area (Å²) in [4.78, 5) is 0. The lowest BCUT2D eigenvalue weighted by Crippen LogP contribution is -2.30. The maximum absolute atomic E-state index is 12.3. The molecule has 4 rings (SSSR count). The molecular weight excluding hydrogens is 436 g/mol. The number of rotatable bonds is 8. The highest BCUT2D eigenvalue weighted by molar-refractivity contribution is 7.98. The van der Waals surface area contributed by atoms with Gasteiger partial charge in [-0.1, -0.05) is 48.2 Å². The summed E-state index contributed by atoms with van der Waals surface area (Å²) in [7, 11) is -1.69. The molecule has 0 saturated carbocycles. The summed E-state index contributed by atoms with van der Waals surface area (Å²) in [6.07, 6.45) is 1.17. The number of benzene rings is 2. The van der Waals surface area contributed by atoms with E-state index in [0.29, 0.717) is 34.2 Å². The Hall–Kier alpha value is -3.18. The van der Waals surface area contributed by atoms with Gasteiger partial charge in [-0.25, -0.2) is 8.42 Å². The van der Waals surface area contributed by atoms with Gasteiger partial charge in [-0.15, -0.1) is 20.4 Å². The Morgan fingerprint density at radius 3 is 2.32 bits per heavy atom. The fourth-order valence-electron chi connectivity index (χ4n) is 2.87. The molecule has 0 bridgehead atoms. The Labute approximate surface area is 184 Å². The van der Waals surface area contributed by atoms with Gasteiger partial charge in [0, 0.05) is 12.6 Å². The summed E-state index contributed by atoms with van der Waals surface area (Å²) in [5.41, 5.74) is 1.43. The zero-order valence-corrected chi connectivity index (χ0v) is 18.5. The Morgan fingerprint density at radius 2 is 1.65 bits per heavy atom. The van der Waals surface area contributed by atoms with Crippen LogP contribution in [0.25, 0.3) is 11.5 Å². The van der Waals surface area contributed by atoms with Crippen molar-refractivity contribution >= 4 is 27.5 Å². The van der Waals surface area contributed by atoms with Gasteiger partial charge in [0.05, 0.1) is 24.2 Å². The van der Waals surface area contributed by atoms with Crippen LogP contribution in [0.5, 0.6) is 0 Å². The monoisotopic (exact) mass is 456 g/mol.